The van der Waals surface area contributed by atoms with Gasteiger partial charge in [0.1, 0.15) is 0 Å². The first kappa shape index (κ1) is 20.2. The molecule has 0 radical (unpaired) electrons. The van der Waals surface area contributed by atoms with Crippen LogP contribution in [0.2, 0.25) is 0 Å². The largest absolute Gasteiger partial charge is 0.493 e. The molecule has 0 atom stereocenters. The van der Waals surface area contributed by atoms with Crippen LogP contribution in [0.3, 0.4) is 0 Å². The SMILES string of the molecule is COc1cc(C(=O)Nc2ccccc2C(=O)NC(C)C)ccc1OC(F)F. The van der Waals surface area contributed by atoms with Gasteiger partial charge in [-0.15, -0.1) is 0 Å². The van der Waals surface area contributed by atoms with Crippen LogP contribution in [0.1, 0.15) is 34.6 Å². The first-order valence-electron chi connectivity index (χ1n) is 8.16. The van der Waals surface area contributed by atoms with Crippen LogP contribution in [-0.4, -0.2) is 31.6 Å². The van der Waals surface area contributed by atoms with Gasteiger partial charge in [0, 0.05) is 11.6 Å². The monoisotopic (exact) mass is 378 g/mol. The van der Waals surface area contributed by atoms with Crippen LogP contribution < -0.4 is 20.1 Å². The average molecular weight is 378 g/mol. The molecule has 2 rings (SSSR count). The van der Waals surface area contributed by atoms with Gasteiger partial charge in [-0.1, -0.05) is 12.1 Å². The summed E-state index contributed by atoms with van der Waals surface area (Å²) < 4.78 is 34.1. The summed E-state index contributed by atoms with van der Waals surface area (Å²) in [5, 5.41) is 5.41. The Balaban J connectivity index is 2.24. The van der Waals surface area contributed by atoms with E-state index < -0.39 is 12.5 Å². The van der Waals surface area contributed by atoms with Crippen molar-refractivity contribution in [3.8, 4) is 11.5 Å². The lowest BCUT2D eigenvalue weighted by atomic mass is 10.1. The number of carbonyl (C=O) groups excluding carboxylic acids is 2. The zero-order valence-corrected chi connectivity index (χ0v) is 15.1. The standard InChI is InChI=1S/C19H20F2N2O4/c1-11(2)22-18(25)13-6-4-5-7-14(13)23-17(24)12-8-9-15(27-19(20)21)16(10-12)26-3/h4-11,19H,1-3H3,(H,22,25)(H,23,24). The van der Waals surface area contributed by atoms with Crippen LogP contribution in [0.4, 0.5) is 14.5 Å². The summed E-state index contributed by atoms with van der Waals surface area (Å²) in [5.41, 5.74) is 0.796. The molecule has 0 aliphatic rings. The van der Waals surface area contributed by atoms with Crippen molar-refractivity contribution < 1.29 is 27.8 Å². The second-order valence-corrected chi connectivity index (χ2v) is 5.87. The third-order valence-electron chi connectivity index (χ3n) is 3.48. The van der Waals surface area contributed by atoms with E-state index in [9.17, 15) is 18.4 Å². The van der Waals surface area contributed by atoms with Crippen LogP contribution >= 0.6 is 0 Å². The average Bonchev–Trinajstić information content (AvgIpc) is 2.61. The van der Waals surface area contributed by atoms with E-state index in [0.29, 0.717) is 11.3 Å². The number of amides is 2. The van der Waals surface area contributed by atoms with Crippen LogP contribution in [0.5, 0.6) is 11.5 Å². The molecule has 0 aromatic heterocycles. The molecule has 6 nitrogen and oxygen atoms in total. The van der Waals surface area contributed by atoms with E-state index in [2.05, 4.69) is 15.4 Å². The number of alkyl halides is 2. The molecule has 0 aliphatic carbocycles. The molecule has 0 bridgehead atoms. The molecule has 0 saturated carbocycles. The van der Waals surface area contributed by atoms with Crippen molar-refractivity contribution in [2.24, 2.45) is 0 Å². The van der Waals surface area contributed by atoms with E-state index in [0.717, 1.165) is 0 Å². The predicted octanol–water partition coefficient (Wildman–Crippen LogP) is 3.69. The van der Waals surface area contributed by atoms with Crippen molar-refractivity contribution in [2.75, 3.05) is 12.4 Å². The second kappa shape index (κ2) is 8.98. The summed E-state index contributed by atoms with van der Waals surface area (Å²) in [6.45, 7) is 0.646. The maximum Gasteiger partial charge on any atom is 0.387 e. The fraction of sp³-hybridized carbons (Fsp3) is 0.263. The Hall–Kier alpha value is -3.16. The van der Waals surface area contributed by atoms with Crippen molar-refractivity contribution in [1.82, 2.24) is 5.32 Å². The van der Waals surface area contributed by atoms with Crippen LogP contribution in [0.15, 0.2) is 42.5 Å². The fourth-order valence-corrected chi connectivity index (χ4v) is 2.33. The van der Waals surface area contributed by atoms with Crippen LogP contribution in [0, 0.1) is 0 Å². The van der Waals surface area contributed by atoms with Gasteiger partial charge >= 0.3 is 6.61 Å². The Morgan fingerprint density at radius 3 is 2.33 bits per heavy atom. The summed E-state index contributed by atoms with van der Waals surface area (Å²) in [7, 11) is 1.28. The second-order valence-electron chi connectivity index (χ2n) is 5.87. The summed E-state index contributed by atoms with van der Waals surface area (Å²) in [5.74, 6) is -1.03. The number of carbonyl (C=O) groups is 2. The van der Waals surface area contributed by atoms with Gasteiger partial charge < -0.3 is 20.1 Å². The Bertz CT molecular complexity index is 825. The first-order chi connectivity index (χ1) is 12.8. The molecule has 2 N–H and O–H groups in total. The molecule has 0 fully saturated rings. The van der Waals surface area contributed by atoms with Crippen molar-refractivity contribution >= 4 is 17.5 Å². The molecule has 2 amide bonds. The van der Waals surface area contributed by atoms with E-state index in [4.69, 9.17) is 4.74 Å². The maximum atomic E-state index is 12.5. The molecule has 0 saturated heterocycles. The van der Waals surface area contributed by atoms with E-state index in [1.54, 1.807) is 24.3 Å². The van der Waals surface area contributed by atoms with Gasteiger partial charge in [0.15, 0.2) is 11.5 Å². The highest BCUT2D eigenvalue weighted by atomic mass is 19.3. The minimum atomic E-state index is -3.01. The summed E-state index contributed by atoms with van der Waals surface area (Å²) >= 11 is 0. The molecule has 27 heavy (non-hydrogen) atoms. The normalized spacial score (nSPS) is 10.6. The quantitative estimate of drug-likeness (QED) is 0.771. The van der Waals surface area contributed by atoms with Gasteiger partial charge in [-0.25, -0.2) is 0 Å². The highest BCUT2D eigenvalue weighted by Gasteiger charge is 2.17. The van der Waals surface area contributed by atoms with Crippen LogP contribution in [0.25, 0.3) is 0 Å². The van der Waals surface area contributed by atoms with Crippen LogP contribution in [-0.2, 0) is 0 Å². The number of anilines is 1. The Morgan fingerprint density at radius 1 is 1.00 bits per heavy atom. The molecule has 0 heterocycles. The Labute approximate surface area is 155 Å². The number of rotatable bonds is 7. The molecule has 0 unspecified atom stereocenters. The number of para-hydroxylation sites is 1. The number of methoxy groups -OCH3 is 1. The summed E-state index contributed by atoms with van der Waals surface area (Å²) in [4.78, 5) is 24.8. The van der Waals surface area contributed by atoms with Gasteiger partial charge in [-0.05, 0) is 44.2 Å². The van der Waals surface area contributed by atoms with Gasteiger partial charge in [0.25, 0.3) is 11.8 Å². The Kier molecular flexibility index (Phi) is 6.70. The number of hydrogen-bond donors (Lipinski definition) is 2. The van der Waals surface area contributed by atoms with Gasteiger partial charge in [0.05, 0.1) is 18.4 Å². The predicted molar refractivity (Wildman–Crippen MR) is 96.6 cm³/mol. The molecule has 144 valence electrons. The minimum Gasteiger partial charge on any atom is -0.493 e. The molecule has 2 aromatic carbocycles. The molecule has 8 heteroatoms. The highest BCUT2D eigenvalue weighted by Crippen LogP contribution is 2.30. The lowest BCUT2D eigenvalue weighted by Gasteiger charge is -2.14. The smallest absolute Gasteiger partial charge is 0.387 e. The van der Waals surface area contributed by atoms with Gasteiger partial charge in [0.2, 0.25) is 0 Å². The van der Waals surface area contributed by atoms with Crippen molar-refractivity contribution in [1.29, 1.82) is 0 Å². The number of benzene rings is 2. The van der Waals surface area contributed by atoms with Crippen molar-refractivity contribution in [3.63, 3.8) is 0 Å². The zero-order valence-electron chi connectivity index (χ0n) is 15.1. The topological polar surface area (TPSA) is 76.7 Å². The number of nitrogens with one attached hydrogen (secondary N) is 2. The zero-order chi connectivity index (χ0) is 20.0. The highest BCUT2D eigenvalue weighted by molar-refractivity contribution is 6.09. The van der Waals surface area contributed by atoms with E-state index in [1.807, 2.05) is 13.8 Å². The third-order valence-corrected chi connectivity index (χ3v) is 3.48. The molecule has 0 spiro atoms. The number of halogens is 2. The lowest BCUT2D eigenvalue weighted by molar-refractivity contribution is -0.0512. The van der Waals surface area contributed by atoms with Gasteiger partial charge in [-0.2, -0.15) is 8.78 Å². The van der Waals surface area contributed by atoms with E-state index >= 15 is 0 Å². The number of ether oxygens (including phenoxy) is 2. The first-order valence-corrected chi connectivity index (χ1v) is 8.16. The van der Waals surface area contributed by atoms with Gasteiger partial charge in [-0.3, -0.25) is 9.59 Å². The summed E-state index contributed by atoms with van der Waals surface area (Å²) in [6.07, 6.45) is 0. The van der Waals surface area contributed by atoms with E-state index in [-0.39, 0.29) is 29.0 Å². The molecule has 0 aliphatic heterocycles. The third kappa shape index (κ3) is 5.40. The van der Waals surface area contributed by atoms with Crippen molar-refractivity contribution in [2.45, 2.75) is 26.5 Å². The Morgan fingerprint density at radius 2 is 1.70 bits per heavy atom. The molecule has 2 aromatic rings. The molecular weight excluding hydrogens is 358 g/mol. The maximum absolute atomic E-state index is 12.5. The summed E-state index contributed by atoms with van der Waals surface area (Å²) in [6, 6.07) is 10.3. The number of hydrogen-bond acceptors (Lipinski definition) is 4. The lowest BCUT2D eigenvalue weighted by Crippen LogP contribution is -2.31. The minimum absolute atomic E-state index is 0.00575. The fourth-order valence-electron chi connectivity index (χ4n) is 2.33. The van der Waals surface area contributed by atoms with E-state index in [1.165, 1.54) is 25.3 Å². The molecular formula is C19H20F2N2O4. The van der Waals surface area contributed by atoms with Crippen molar-refractivity contribution in [3.05, 3.63) is 53.6 Å².